The van der Waals surface area contributed by atoms with Gasteiger partial charge >= 0.3 is 0 Å². The minimum atomic E-state index is 0.00583. The Morgan fingerprint density at radius 3 is 3.25 bits per heavy atom. The van der Waals surface area contributed by atoms with Crippen molar-refractivity contribution in [2.24, 2.45) is 0 Å². The lowest BCUT2D eigenvalue weighted by molar-refractivity contribution is -0.131. The van der Waals surface area contributed by atoms with Gasteiger partial charge in [-0.3, -0.25) is 10.1 Å². The van der Waals surface area contributed by atoms with Gasteiger partial charge in [0.1, 0.15) is 0 Å². The van der Waals surface area contributed by atoms with Gasteiger partial charge in [-0.05, 0) is 0 Å². The number of nitrogens with one attached hydrogen (secondary N) is 1. The quantitative estimate of drug-likeness (QED) is 0.867. The van der Waals surface area contributed by atoms with E-state index in [-0.39, 0.29) is 11.9 Å². The van der Waals surface area contributed by atoms with Crippen LogP contribution in [-0.4, -0.2) is 47.1 Å². The van der Waals surface area contributed by atoms with E-state index in [2.05, 4.69) is 10.3 Å². The third-order valence-corrected chi connectivity index (χ3v) is 4.31. The maximum Gasteiger partial charge on any atom is 0.240 e. The number of likely N-dealkylation sites (N-methyl/N-ethyl adjacent to an activating group) is 1. The molecule has 2 rings (SSSR count). The van der Waals surface area contributed by atoms with Gasteiger partial charge in [0, 0.05) is 43.2 Å². The molecular formula is C10H15N3OS2. The molecular weight excluding hydrogens is 242 g/mol. The van der Waals surface area contributed by atoms with Gasteiger partial charge in [-0.15, -0.1) is 23.1 Å². The summed E-state index contributed by atoms with van der Waals surface area (Å²) in [6, 6.07) is 0.00583. The smallest absolute Gasteiger partial charge is 0.240 e. The van der Waals surface area contributed by atoms with Crippen molar-refractivity contribution in [3.05, 3.63) is 16.6 Å². The van der Waals surface area contributed by atoms with Crippen molar-refractivity contribution >= 4 is 29.0 Å². The van der Waals surface area contributed by atoms with Crippen LogP contribution in [0.15, 0.2) is 11.6 Å². The number of carbonyl (C=O) groups is 1. The van der Waals surface area contributed by atoms with Gasteiger partial charge in [-0.25, -0.2) is 4.98 Å². The Morgan fingerprint density at radius 2 is 2.62 bits per heavy atom. The Labute approximate surface area is 103 Å². The van der Waals surface area contributed by atoms with Crippen LogP contribution in [0.2, 0.25) is 0 Å². The molecule has 1 N–H and O–H groups in total. The van der Waals surface area contributed by atoms with Gasteiger partial charge in [0.15, 0.2) is 0 Å². The van der Waals surface area contributed by atoms with Crippen LogP contribution in [0.3, 0.4) is 0 Å². The Kier molecular flexibility index (Phi) is 4.20. The molecule has 6 heteroatoms. The van der Waals surface area contributed by atoms with Crippen molar-refractivity contribution in [3.63, 3.8) is 0 Å². The fourth-order valence-electron chi connectivity index (χ4n) is 1.57. The zero-order chi connectivity index (χ0) is 11.4. The molecule has 0 aromatic carbocycles. The predicted molar refractivity (Wildman–Crippen MR) is 67.7 cm³/mol. The molecule has 1 aromatic heterocycles. The van der Waals surface area contributed by atoms with E-state index in [1.54, 1.807) is 34.2 Å². The molecule has 1 unspecified atom stereocenters. The molecule has 16 heavy (non-hydrogen) atoms. The van der Waals surface area contributed by atoms with Crippen molar-refractivity contribution in [2.45, 2.75) is 12.5 Å². The molecule has 1 fully saturated rings. The number of rotatable bonds is 4. The van der Waals surface area contributed by atoms with E-state index >= 15 is 0 Å². The fraction of sp³-hybridized carbons (Fsp3) is 0.600. The summed E-state index contributed by atoms with van der Waals surface area (Å²) in [6.07, 6.45) is 2.65. The first kappa shape index (κ1) is 11.9. The van der Waals surface area contributed by atoms with Gasteiger partial charge in [-0.2, -0.15) is 0 Å². The van der Waals surface area contributed by atoms with Gasteiger partial charge < -0.3 is 4.90 Å². The molecule has 0 aliphatic carbocycles. The molecule has 1 saturated heterocycles. The number of hydrogen-bond acceptors (Lipinski definition) is 5. The summed E-state index contributed by atoms with van der Waals surface area (Å²) in [5, 5.41) is 6.24. The highest BCUT2D eigenvalue weighted by atomic mass is 32.2. The van der Waals surface area contributed by atoms with Crippen molar-refractivity contribution < 1.29 is 4.79 Å². The van der Waals surface area contributed by atoms with E-state index in [1.807, 2.05) is 12.4 Å². The fourth-order valence-corrected chi connectivity index (χ4v) is 3.11. The van der Waals surface area contributed by atoms with Crippen molar-refractivity contribution in [3.8, 4) is 0 Å². The predicted octanol–water partition coefficient (Wildman–Crippen LogP) is 0.806. The molecule has 1 aliphatic heterocycles. The monoisotopic (exact) mass is 257 g/mol. The summed E-state index contributed by atoms with van der Waals surface area (Å²) in [6.45, 7) is 0.745. The molecule has 0 radical (unpaired) electrons. The minimum Gasteiger partial charge on any atom is -0.344 e. The summed E-state index contributed by atoms with van der Waals surface area (Å²) >= 11 is 3.41. The zero-order valence-electron chi connectivity index (χ0n) is 9.18. The largest absolute Gasteiger partial charge is 0.344 e. The number of amides is 1. The lowest BCUT2D eigenvalue weighted by Crippen LogP contribution is -2.43. The Bertz CT molecular complexity index is 336. The maximum atomic E-state index is 11.9. The van der Waals surface area contributed by atoms with Crippen LogP contribution in [0.4, 0.5) is 0 Å². The number of hydrogen-bond donors (Lipinski definition) is 1. The van der Waals surface area contributed by atoms with Crippen LogP contribution in [-0.2, 0) is 11.2 Å². The van der Waals surface area contributed by atoms with Crippen molar-refractivity contribution in [2.75, 3.05) is 25.2 Å². The zero-order valence-corrected chi connectivity index (χ0v) is 10.8. The number of nitrogens with zero attached hydrogens (tertiary/aromatic N) is 2. The van der Waals surface area contributed by atoms with E-state index in [0.29, 0.717) is 0 Å². The van der Waals surface area contributed by atoms with Crippen LogP contribution >= 0.6 is 23.1 Å². The highest BCUT2D eigenvalue weighted by molar-refractivity contribution is 7.99. The lowest BCUT2D eigenvalue weighted by Gasteiger charge is -2.20. The standard InChI is InChI=1S/C10H15N3OS2/c1-13(4-2-9-11-3-5-16-9)10(14)8-6-15-7-12-8/h3,5,8,12H,2,4,6-7H2,1H3. The third kappa shape index (κ3) is 2.96. The maximum absolute atomic E-state index is 11.9. The second-order valence-corrected chi connectivity index (χ2v) is 5.72. The van der Waals surface area contributed by atoms with Gasteiger partial charge in [0.2, 0.25) is 5.91 Å². The first-order chi connectivity index (χ1) is 7.77. The van der Waals surface area contributed by atoms with Crippen LogP contribution in [0.5, 0.6) is 0 Å². The average Bonchev–Trinajstić information content (AvgIpc) is 2.96. The molecule has 0 bridgehead atoms. The second kappa shape index (κ2) is 5.65. The Hall–Kier alpha value is -0.590. The molecule has 1 aromatic rings. The summed E-state index contributed by atoms with van der Waals surface area (Å²) in [5.41, 5.74) is 0. The molecule has 4 nitrogen and oxygen atoms in total. The number of thiazole rings is 1. The molecule has 0 saturated carbocycles. The molecule has 1 atom stereocenters. The summed E-state index contributed by atoms with van der Waals surface area (Å²) in [5.74, 6) is 1.97. The highest BCUT2D eigenvalue weighted by Crippen LogP contribution is 2.12. The van der Waals surface area contributed by atoms with Crippen LogP contribution < -0.4 is 5.32 Å². The molecule has 1 amide bonds. The highest BCUT2D eigenvalue weighted by Gasteiger charge is 2.25. The van der Waals surface area contributed by atoms with Gasteiger partial charge in [0.25, 0.3) is 0 Å². The van der Waals surface area contributed by atoms with E-state index in [0.717, 1.165) is 29.6 Å². The van der Waals surface area contributed by atoms with Crippen LogP contribution in [0.25, 0.3) is 0 Å². The number of carbonyl (C=O) groups excluding carboxylic acids is 1. The first-order valence-corrected chi connectivity index (χ1v) is 7.25. The number of aromatic nitrogens is 1. The first-order valence-electron chi connectivity index (χ1n) is 5.22. The van der Waals surface area contributed by atoms with Gasteiger partial charge in [-0.1, -0.05) is 0 Å². The van der Waals surface area contributed by atoms with E-state index < -0.39 is 0 Å². The topological polar surface area (TPSA) is 45.2 Å². The molecule has 2 heterocycles. The van der Waals surface area contributed by atoms with Crippen LogP contribution in [0, 0.1) is 0 Å². The van der Waals surface area contributed by atoms with Crippen molar-refractivity contribution in [1.29, 1.82) is 0 Å². The average molecular weight is 257 g/mol. The number of thioether (sulfide) groups is 1. The van der Waals surface area contributed by atoms with Crippen molar-refractivity contribution in [1.82, 2.24) is 15.2 Å². The van der Waals surface area contributed by atoms with E-state index in [4.69, 9.17) is 0 Å². The summed E-state index contributed by atoms with van der Waals surface area (Å²) in [4.78, 5) is 17.9. The molecule has 0 spiro atoms. The van der Waals surface area contributed by atoms with Gasteiger partial charge in [0.05, 0.1) is 11.0 Å². The Morgan fingerprint density at radius 1 is 1.75 bits per heavy atom. The second-order valence-electron chi connectivity index (χ2n) is 3.71. The minimum absolute atomic E-state index is 0.00583. The SMILES string of the molecule is CN(CCc1nccs1)C(=O)C1CSCN1. The normalized spacial score (nSPS) is 19.9. The summed E-state index contributed by atoms with van der Waals surface area (Å²) in [7, 11) is 1.86. The van der Waals surface area contributed by atoms with E-state index in [1.165, 1.54) is 0 Å². The molecule has 1 aliphatic rings. The lowest BCUT2D eigenvalue weighted by atomic mass is 10.3. The third-order valence-electron chi connectivity index (χ3n) is 2.54. The molecule has 88 valence electrons. The Balaban J connectivity index is 1.78. The summed E-state index contributed by atoms with van der Waals surface area (Å²) < 4.78 is 0. The van der Waals surface area contributed by atoms with E-state index in [9.17, 15) is 4.79 Å². The van der Waals surface area contributed by atoms with Crippen LogP contribution in [0.1, 0.15) is 5.01 Å².